The van der Waals surface area contributed by atoms with Gasteiger partial charge < -0.3 is 10.2 Å². The van der Waals surface area contributed by atoms with Crippen LogP contribution < -0.4 is 10.0 Å². The van der Waals surface area contributed by atoms with Gasteiger partial charge in [-0.1, -0.05) is 34.8 Å². The van der Waals surface area contributed by atoms with Gasteiger partial charge >= 0.3 is 6.03 Å². The molecule has 2 amide bonds. The van der Waals surface area contributed by atoms with Crippen molar-refractivity contribution in [1.29, 1.82) is 0 Å². The Kier molecular flexibility index (Phi) is 5.96. The van der Waals surface area contributed by atoms with Crippen LogP contribution in [0.3, 0.4) is 0 Å². The molecule has 3 heterocycles. The number of carbonyl (C=O) groups is 1. The van der Waals surface area contributed by atoms with Crippen molar-refractivity contribution in [3.8, 4) is 0 Å². The van der Waals surface area contributed by atoms with Gasteiger partial charge in [-0.15, -0.1) is 0 Å². The zero-order valence-corrected chi connectivity index (χ0v) is 19.4. The lowest BCUT2D eigenvalue weighted by molar-refractivity contribution is -0.904. The lowest BCUT2D eigenvalue weighted by atomic mass is 9.88. The highest BCUT2D eigenvalue weighted by Crippen LogP contribution is 2.39. The zero-order valence-electron chi connectivity index (χ0n) is 17.9. The Hall–Kier alpha value is -3.09. The van der Waals surface area contributed by atoms with Crippen molar-refractivity contribution in [3.05, 3.63) is 93.0 Å². The topological polar surface area (TPSA) is 69.3 Å². The minimum atomic E-state index is -0.145. The minimum Gasteiger partial charge on any atom is -0.324 e. The van der Waals surface area contributed by atoms with E-state index in [-0.39, 0.29) is 6.03 Å². The van der Waals surface area contributed by atoms with Crippen LogP contribution in [0.25, 0.3) is 5.57 Å². The van der Waals surface area contributed by atoms with Crippen LogP contribution in [0.15, 0.2) is 60.6 Å². The van der Waals surface area contributed by atoms with Crippen LogP contribution in [0.5, 0.6) is 0 Å². The first kappa shape index (κ1) is 21.7. The molecule has 33 heavy (non-hydrogen) atoms. The molecule has 2 aliphatic rings. The summed E-state index contributed by atoms with van der Waals surface area (Å²) in [7, 11) is 0. The maximum Gasteiger partial charge on any atom is 0.321 e. The van der Waals surface area contributed by atoms with Crippen molar-refractivity contribution < 1.29 is 14.7 Å². The van der Waals surface area contributed by atoms with E-state index in [0.717, 1.165) is 52.3 Å². The SMILES string of the molecule is O=C(Nc1cc[n+](O)cc1)N1CCC(=C2c3ccc(Cl)cc3CCc3cc(Cl)cnc32)CC1. The van der Waals surface area contributed by atoms with Crippen LogP contribution in [-0.4, -0.2) is 34.2 Å². The number of nitrogens with one attached hydrogen (secondary N) is 1. The first-order valence-corrected chi connectivity index (χ1v) is 11.7. The Labute approximate surface area is 202 Å². The molecule has 3 aromatic rings. The number of aromatic nitrogens is 2. The van der Waals surface area contributed by atoms with Gasteiger partial charge in [0.25, 0.3) is 0 Å². The number of nitrogens with zero attached hydrogens (tertiary/aromatic N) is 3. The number of pyridine rings is 2. The summed E-state index contributed by atoms with van der Waals surface area (Å²) in [6.45, 7) is 1.23. The molecule has 2 aromatic heterocycles. The van der Waals surface area contributed by atoms with Crippen molar-refractivity contribution in [1.82, 2.24) is 9.88 Å². The Morgan fingerprint density at radius 3 is 2.42 bits per heavy atom. The highest BCUT2D eigenvalue weighted by Gasteiger charge is 2.27. The van der Waals surface area contributed by atoms with Crippen LogP contribution in [0.1, 0.15) is 35.2 Å². The van der Waals surface area contributed by atoms with Crippen LogP contribution in [0, 0.1) is 0 Å². The largest absolute Gasteiger partial charge is 0.324 e. The third kappa shape index (κ3) is 4.54. The summed E-state index contributed by atoms with van der Waals surface area (Å²) in [5, 5.41) is 13.6. The predicted molar refractivity (Wildman–Crippen MR) is 128 cm³/mol. The summed E-state index contributed by atoms with van der Waals surface area (Å²) in [4.78, 5) is 19.3. The van der Waals surface area contributed by atoms with Crippen LogP contribution in [-0.2, 0) is 12.8 Å². The molecule has 0 saturated carbocycles. The summed E-state index contributed by atoms with van der Waals surface area (Å²) < 4.78 is 0.936. The first-order chi connectivity index (χ1) is 16.0. The molecule has 8 heteroatoms. The fraction of sp³-hybridized carbons (Fsp3) is 0.240. The molecular weight excluding hydrogens is 459 g/mol. The normalized spacial score (nSPS) is 15.5. The van der Waals surface area contributed by atoms with E-state index in [0.29, 0.717) is 23.8 Å². The summed E-state index contributed by atoms with van der Waals surface area (Å²) in [6, 6.07) is 11.2. The number of halogens is 2. The summed E-state index contributed by atoms with van der Waals surface area (Å²) in [6.07, 6.45) is 7.91. The van der Waals surface area contributed by atoms with Crippen molar-refractivity contribution in [3.63, 3.8) is 0 Å². The highest BCUT2D eigenvalue weighted by atomic mass is 35.5. The van der Waals surface area contributed by atoms with Gasteiger partial charge in [-0.2, -0.15) is 0 Å². The standard InChI is InChI=1S/C25H22Cl2N4O2/c26-19-3-4-22-17(13-19)1-2-18-14-20(27)15-28-24(18)23(22)16-5-9-30(10-6-16)25(32)29-21-7-11-31(33)12-8-21/h3-4,7-8,11-15,33H,1-2,5-6,9-10H2/p+1. The highest BCUT2D eigenvalue weighted by molar-refractivity contribution is 6.31. The molecule has 168 valence electrons. The maximum atomic E-state index is 12.7. The molecule has 1 saturated heterocycles. The summed E-state index contributed by atoms with van der Waals surface area (Å²) in [5.74, 6) is 0. The molecule has 0 radical (unpaired) electrons. The number of amides is 2. The van der Waals surface area contributed by atoms with Gasteiger partial charge in [-0.3, -0.25) is 10.2 Å². The summed E-state index contributed by atoms with van der Waals surface area (Å²) in [5.41, 5.74) is 7.59. The number of hydrogen-bond acceptors (Lipinski definition) is 3. The number of benzene rings is 1. The van der Waals surface area contributed by atoms with Crippen molar-refractivity contribution in [2.45, 2.75) is 25.7 Å². The number of urea groups is 1. The monoisotopic (exact) mass is 481 g/mol. The van der Waals surface area contributed by atoms with E-state index in [1.165, 1.54) is 29.1 Å². The average molecular weight is 482 g/mol. The van der Waals surface area contributed by atoms with Crippen LogP contribution >= 0.6 is 23.2 Å². The van der Waals surface area contributed by atoms with Crippen molar-refractivity contribution in [2.75, 3.05) is 18.4 Å². The molecule has 0 unspecified atom stereocenters. The second-order valence-electron chi connectivity index (χ2n) is 8.33. The number of aryl methyl sites for hydroxylation is 2. The number of fused-ring (bicyclic) bond motifs is 2. The summed E-state index contributed by atoms with van der Waals surface area (Å²) >= 11 is 12.6. The molecule has 6 nitrogen and oxygen atoms in total. The molecule has 0 spiro atoms. The van der Waals surface area contributed by atoms with Gasteiger partial charge in [-0.05, 0) is 60.6 Å². The number of piperidine rings is 1. The molecule has 0 atom stereocenters. The molecule has 5 rings (SSSR count). The first-order valence-electron chi connectivity index (χ1n) is 10.9. The second kappa shape index (κ2) is 9.04. The molecule has 1 aliphatic carbocycles. The minimum absolute atomic E-state index is 0.145. The Balaban J connectivity index is 1.44. The van der Waals surface area contributed by atoms with Crippen LogP contribution in [0.4, 0.5) is 10.5 Å². The number of rotatable bonds is 1. The van der Waals surface area contributed by atoms with E-state index in [1.54, 1.807) is 18.3 Å². The molecule has 1 fully saturated rings. The maximum absolute atomic E-state index is 12.7. The van der Waals surface area contributed by atoms with Crippen molar-refractivity contribution in [2.24, 2.45) is 0 Å². The van der Waals surface area contributed by atoms with E-state index in [2.05, 4.69) is 11.4 Å². The quantitative estimate of drug-likeness (QED) is 0.373. The van der Waals surface area contributed by atoms with E-state index in [9.17, 15) is 10.0 Å². The third-order valence-corrected chi connectivity index (χ3v) is 6.68. The zero-order chi connectivity index (χ0) is 22.9. The fourth-order valence-corrected chi connectivity index (χ4v) is 4.97. The molecule has 1 aliphatic heterocycles. The number of likely N-dealkylation sites (tertiary alicyclic amines) is 1. The van der Waals surface area contributed by atoms with Gasteiger partial charge in [0.1, 0.15) is 0 Å². The Morgan fingerprint density at radius 1 is 0.970 bits per heavy atom. The smallest absolute Gasteiger partial charge is 0.321 e. The lowest BCUT2D eigenvalue weighted by Crippen LogP contribution is -2.39. The molecule has 2 N–H and O–H groups in total. The van der Waals surface area contributed by atoms with E-state index < -0.39 is 0 Å². The lowest BCUT2D eigenvalue weighted by Gasteiger charge is -2.30. The number of anilines is 1. The predicted octanol–water partition coefficient (Wildman–Crippen LogP) is 5.14. The van der Waals surface area contributed by atoms with E-state index >= 15 is 0 Å². The van der Waals surface area contributed by atoms with Crippen LogP contribution in [0.2, 0.25) is 10.0 Å². The van der Waals surface area contributed by atoms with Gasteiger partial charge in [0, 0.05) is 46.7 Å². The molecule has 0 bridgehead atoms. The molecule has 1 aromatic carbocycles. The average Bonchev–Trinajstić information content (AvgIpc) is 2.97. The van der Waals surface area contributed by atoms with Crippen molar-refractivity contribution >= 4 is 40.5 Å². The van der Waals surface area contributed by atoms with E-state index in [4.69, 9.17) is 28.2 Å². The van der Waals surface area contributed by atoms with Gasteiger partial charge in [0.2, 0.25) is 12.4 Å². The Bertz CT molecular complexity index is 1190. The molecular formula is C25H23Cl2N4O2+. The Morgan fingerprint density at radius 2 is 1.67 bits per heavy atom. The number of carbonyl (C=O) groups excluding carboxylic acids is 1. The number of hydrogen-bond donors (Lipinski definition) is 2. The third-order valence-electron chi connectivity index (χ3n) is 6.24. The van der Waals surface area contributed by atoms with Gasteiger partial charge in [0.15, 0.2) is 0 Å². The van der Waals surface area contributed by atoms with Gasteiger partial charge in [-0.25, -0.2) is 4.79 Å². The van der Waals surface area contributed by atoms with Gasteiger partial charge in [0.05, 0.1) is 16.4 Å². The van der Waals surface area contributed by atoms with E-state index in [1.807, 2.05) is 23.1 Å². The second-order valence-corrected chi connectivity index (χ2v) is 9.20. The fourth-order valence-electron chi connectivity index (χ4n) is 4.60.